The predicted octanol–water partition coefficient (Wildman–Crippen LogP) is 4.16. The maximum Gasteiger partial charge on any atom is 0.338 e. The Morgan fingerprint density at radius 3 is 1.39 bits per heavy atom. The molecule has 3 aromatic rings. The monoisotopic (exact) mass is 376 g/mol. The Hall–Kier alpha value is -3.54. The number of carbonyl (C=O) groups excluding carboxylic acids is 2. The summed E-state index contributed by atoms with van der Waals surface area (Å²) in [6.07, 6.45) is 6.52. The van der Waals surface area contributed by atoms with Gasteiger partial charge in [0.05, 0.1) is 24.3 Å². The molecule has 0 N–H and O–H groups in total. The lowest BCUT2D eigenvalue weighted by atomic mass is 9.91. The van der Waals surface area contributed by atoms with Crippen molar-refractivity contribution in [3.05, 3.63) is 72.3 Å². The summed E-state index contributed by atoms with van der Waals surface area (Å²) in [6, 6.07) is 10.5. The van der Waals surface area contributed by atoms with Crippen LogP contribution < -0.4 is 0 Å². The van der Waals surface area contributed by atoms with Crippen LogP contribution in [0, 0.1) is 0 Å². The molecule has 1 aromatic carbocycles. The minimum Gasteiger partial charge on any atom is -0.462 e. The number of hydrogen-bond donors (Lipinski definition) is 0. The van der Waals surface area contributed by atoms with Gasteiger partial charge in [-0.2, -0.15) is 0 Å². The van der Waals surface area contributed by atoms with Gasteiger partial charge in [-0.05, 0) is 72.5 Å². The second-order valence-corrected chi connectivity index (χ2v) is 5.86. The molecule has 0 saturated heterocycles. The summed E-state index contributed by atoms with van der Waals surface area (Å²) >= 11 is 0. The van der Waals surface area contributed by atoms with Crippen molar-refractivity contribution in [1.29, 1.82) is 0 Å². The van der Waals surface area contributed by atoms with Crippen LogP contribution in [0.3, 0.4) is 0 Å². The van der Waals surface area contributed by atoms with Crippen molar-refractivity contribution in [3.8, 4) is 22.3 Å². The van der Waals surface area contributed by atoms with Crippen LogP contribution in [0.2, 0.25) is 0 Å². The fraction of sp³-hybridized carbons (Fsp3) is 0.182. The van der Waals surface area contributed by atoms with E-state index in [1.165, 1.54) is 0 Å². The van der Waals surface area contributed by atoms with E-state index in [2.05, 4.69) is 9.97 Å². The van der Waals surface area contributed by atoms with E-state index in [9.17, 15) is 9.59 Å². The summed E-state index contributed by atoms with van der Waals surface area (Å²) < 4.78 is 10.5. The molecule has 28 heavy (non-hydrogen) atoms. The number of esters is 2. The number of nitrogens with zero attached hydrogens (tertiary/aromatic N) is 2. The molecule has 3 rings (SSSR count). The Morgan fingerprint density at radius 1 is 0.714 bits per heavy atom. The van der Waals surface area contributed by atoms with Gasteiger partial charge in [-0.1, -0.05) is 0 Å². The van der Waals surface area contributed by atoms with E-state index >= 15 is 0 Å². The van der Waals surface area contributed by atoms with Crippen LogP contribution in [0.1, 0.15) is 34.6 Å². The number of aromatic nitrogens is 2. The summed E-state index contributed by atoms with van der Waals surface area (Å²) in [5.41, 5.74) is 3.42. The van der Waals surface area contributed by atoms with Crippen molar-refractivity contribution in [2.75, 3.05) is 13.2 Å². The molecule has 6 nitrogen and oxygen atoms in total. The third-order valence-electron chi connectivity index (χ3n) is 4.13. The zero-order valence-electron chi connectivity index (χ0n) is 15.7. The number of benzene rings is 1. The minimum atomic E-state index is -0.458. The van der Waals surface area contributed by atoms with Gasteiger partial charge in [-0.15, -0.1) is 0 Å². The molecule has 0 amide bonds. The van der Waals surface area contributed by atoms with Gasteiger partial charge in [-0.25, -0.2) is 9.59 Å². The number of rotatable bonds is 6. The smallest absolute Gasteiger partial charge is 0.338 e. The van der Waals surface area contributed by atoms with Crippen LogP contribution in [0.5, 0.6) is 0 Å². The van der Waals surface area contributed by atoms with Gasteiger partial charge in [0.15, 0.2) is 0 Å². The van der Waals surface area contributed by atoms with Gasteiger partial charge in [0.2, 0.25) is 0 Å². The molecule has 0 aliphatic rings. The molecule has 142 valence electrons. The first-order valence-electron chi connectivity index (χ1n) is 8.98. The van der Waals surface area contributed by atoms with Crippen LogP contribution in [0.4, 0.5) is 0 Å². The molecule has 0 aliphatic heterocycles. The van der Waals surface area contributed by atoms with E-state index in [-0.39, 0.29) is 13.2 Å². The average molecular weight is 376 g/mol. The number of hydrogen-bond acceptors (Lipinski definition) is 6. The van der Waals surface area contributed by atoms with Crippen LogP contribution in [0.25, 0.3) is 22.3 Å². The van der Waals surface area contributed by atoms with Gasteiger partial charge in [0.25, 0.3) is 0 Å². The normalized spacial score (nSPS) is 10.4. The maximum atomic E-state index is 12.7. The van der Waals surface area contributed by atoms with E-state index in [1.54, 1.807) is 75.0 Å². The predicted molar refractivity (Wildman–Crippen MR) is 105 cm³/mol. The molecule has 0 unspecified atom stereocenters. The summed E-state index contributed by atoms with van der Waals surface area (Å²) in [7, 11) is 0. The maximum absolute atomic E-state index is 12.7. The first-order chi connectivity index (χ1) is 13.7. The standard InChI is InChI=1S/C22H20N2O4/c1-3-27-21(25)19-13-18(16-7-11-24-12-8-16)20(22(26)28-4-2)14-17(19)15-5-9-23-10-6-15/h5-14H,3-4H2,1-2H3. The lowest BCUT2D eigenvalue weighted by Crippen LogP contribution is -2.11. The highest BCUT2D eigenvalue weighted by atomic mass is 16.5. The van der Waals surface area contributed by atoms with Gasteiger partial charge < -0.3 is 9.47 Å². The van der Waals surface area contributed by atoms with Crippen LogP contribution in [-0.4, -0.2) is 35.1 Å². The van der Waals surface area contributed by atoms with E-state index in [1.807, 2.05) is 0 Å². The molecule has 2 heterocycles. The van der Waals surface area contributed by atoms with Crippen molar-refractivity contribution in [2.45, 2.75) is 13.8 Å². The van der Waals surface area contributed by atoms with Gasteiger partial charge in [0.1, 0.15) is 0 Å². The zero-order chi connectivity index (χ0) is 19.9. The fourth-order valence-electron chi connectivity index (χ4n) is 2.90. The highest BCUT2D eigenvalue weighted by molar-refractivity contribution is 6.05. The van der Waals surface area contributed by atoms with E-state index in [0.717, 1.165) is 11.1 Å². The van der Waals surface area contributed by atoms with Crippen molar-refractivity contribution >= 4 is 11.9 Å². The summed E-state index contributed by atoms with van der Waals surface area (Å²) in [5, 5.41) is 0. The molecule has 0 saturated carbocycles. The number of carbonyl (C=O) groups is 2. The van der Waals surface area contributed by atoms with Crippen molar-refractivity contribution in [3.63, 3.8) is 0 Å². The third kappa shape index (κ3) is 4.06. The quantitative estimate of drug-likeness (QED) is 0.601. The highest BCUT2D eigenvalue weighted by Crippen LogP contribution is 2.33. The first kappa shape index (κ1) is 19.2. The largest absolute Gasteiger partial charge is 0.462 e. The molecule has 2 aromatic heterocycles. The van der Waals surface area contributed by atoms with E-state index in [0.29, 0.717) is 22.3 Å². The Bertz CT molecular complexity index is 891. The molecular formula is C22H20N2O4. The topological polar surface area (TPSA) is 78.4 Å². The molecule has 6 heteroatoms. The summed E-state index contributed by atoms with van der Waals surface area (Å²) in [5.74, 6) is -0.917. The Kier molecular flexibility index (Phi) is 6.11. The Morgan fingerprint density at radius 2 is 1.07 bits per heavy atom. The second-order valence-electron chi connectivity index (χ2n) is 5.86. The first-order valence-corrected chi connectivity index (χ1v) is 8.98. The number of ether oxygens (including phenoxy) is 2. The van der Waals surface area contributed by atoms with E-state index < -0.39 is 11.9 Å². The Balaban J connectivity index is 2.28. The SMILES string of the molecule is CCOC(=O)c1cc(-c2ccncc2)c(C(=O)OCC)cc1-c1ccncc1. The number of pyridine rings is 2. The lowest BCUT2D eigenvalue weighted by molar-refractivity contribution is 0.0513. The summed E-state index contributed by atoms with van der Waals surface area (Å²) in [4.78, 5) is 33.4. The minimum absolute atomic E-state index is 0.249. The average Bonchev–Trinajstić information content (AvgIpc) is 2.74. The zero-order valence-corrected chi connectivity index (χ0v) is 15.7. The lowest BCUT2D eigenvalue weighted by Gasteiger charge is -2.16. The van der Waals surface area contributed by atoms with Crippen LogP contribution in [0.15, 0.2) is 61.2 Å². The second kappa shape index (κ2) is 8.90. The summed E-state index contributed by atoms with van der Waals surface area (Å²) in [6.45, 7) is 4.00. The molecule has 0 spiro atoms. The molecule has 0 aliphatic carbocycles. The fourth-order valence-corrected chi connectivity index (χ4v) is 2.90. The van der Waals surface area contributed by atoms with Crippen LogP contribution in [-0.2, 0) is 9.47 Å². The molecule has 0 bridgehead atoms. The Labute approximate surface area is 163 Å². The molecular weight excluding hydrogens is 356 g/mol. The van der Waals surface area contributed by atoms with Gasteiger partial charge >= 0.3 is 11.9 Å². The van der Waals surface area contributed by atoms with Gasteiger partial charge in [0, 0.05) is 24.8 Å². The van der Waals surface area contributed by atoms with Crippen molar-refractivity contribution in [2.24, 2.45) is 0 Å². The molecule has 0 radical (unpaired) electrons. The van der Waals surface area contributed by atoms with Crippen molar-refractivity contribution < 1.29 is 19.1 Å². The molecule has 0 fully saturated rings. The van der Waals surface area contributed by atoms with Crippen LogP contribution >= 0.6 is 0 Å². The van der Waals surface area contributed by atoms with E-state index in [4.69, 9.17) is 9.47 Å². The van der Waals surface area contributed by atoms with Gasteiger partial charge in [-0.3, -0.25) is 9.97 Å². The third-order valence-corrected chi connectivity index (χ3v) is 4.13. The molecule has 0 atom stereocenters. The van der Waals surface area contributed by atoms with Crippen molar-refractivity contribution in [1.82, 2.24) is 9.97 Å². The highest BCUT2D eigenvalue weighted by Gasteiger charge is 2.22.